The summed E-state index contributed by atoms with van der Waals surface area (Å²) in [5, 5.41) is 11.7. The lowest BCUT2D eigenvalue weighted by molar-refractivity contribution is -0.137. The van der Waals surface area contributed by atoms with Gasteiger partial charge in [0.2, 0.25) is 5.91 Å². The molecule has 2 aromatic heterocycles. The Hall–Kier alpha value is -5.81. The molecular formula is C37H44N9O9P. The molecule has 0 atom stereocenters. The third kappa shape index (κ3) is 10.1. The molecule has 0 radical (unpaired) electrons. The van der Waals surface area contributed by atoms with E-state index in [0.29, 0.717) is 49.1 Å². The number of amides is 1. The van der Waals surface area contributed by atoms with Gasteiger partial charge in [-0.1, -0.05) is 13.2 Å². The number of carbonyl (C=O) groups is 2. The molecular weight excluding hydrogens is 745 g/mol. The number of fused-ring (bicyclic) bond motifs is 4. The van der Waals surface area contributed by atoms with E-state index in [-0.39, 0.29) is 71.1 Å². The molecule has 4 aromatic rings. The number of aromatic amines is 2. The lowest BCUT2D eigenvalue weighted by Gasteiger charge is -2.28. The Kier molecular flexibility index (Phi) is 12.8. The highest BCUT2D eigenvalue weighted by Crippen LogP contribution is 2.38. The number of benzene rings is 2. The molecule has 6 rings (SSSR count). The molecule has 4 heterocycles. The van der Waals surface area contributed by atoms with Crippen molar-refractivity contribution in [3.05, 3.63) is 88.9 Å². The molecule has 18 nitrogen and oxygen atoms in total. The predicted molar refractivity (Wildman–Crippen MR) is 210 cm³/mol. The molecule has 0 unspecified atom stereocenters. The number of nitrogens with one attached hydrogen (secondary N) is 3. The number of hydrogen-bond donors (Lipinski definition) is 6. The van der Waals surface area contributed by atoms with Gasteiger partial charge in [-0.25, -0.2) is 20.0 Å². The number of carboxylic acid groups (broad SMARTS) is 1. The lowest BCUT2D eigenvalue weighted by Crippen LogP contribution is -2.45. The van der Waals surface area contributed by atoms with E-state index >= 15 is 0 Å². The van der Waals surface area contributed by atoms with Gasteiger partial charge in [-0.2, -0.15) is 0 Å². The Balaban J connectivity index is 0.000000215. The van der Waals surface area contributed by atoms with E-state index < -0.39 is 19.1 Å². The molecule has 19 heteroatoms. The van der Waals surface area contributed by atoms with Crippen LogP contribution in [0.3, 0.4) is 0 Å². The largest absolute Gasteiger partial charge is 0.481 e. The van der Waals surface area contributed by atoms with Crippen molar-refractivity contribution in [1.82, 2.24) is 25.3 Å². The summed E-state index contributed by atoms with van der Waals surface area (Å²) in [6, 6.07) is 7.69. The minimum Gasteiger partial charge on any atom is -0.481 e. The molecule has 0 bridgehead atoms. The van der Waals surface area contributed by atoms with E-state index in [0.717, 1.165) is 27.9 Å². The lowest BCUT2D eigenvalue weighted by atomic mass is 10.1. The van der Waals surface area contributed by atoms with Crippen molar-refractivity contribution < 1.29 is 33.8 Å². The average molecular weight is 790 g/mol. The summed E-state index contributed by atoms with van der Waals surface area (Å²) in [6.07, 6.45) is 0.380. The van der Waals surface area contributed by atoms with Crippen LogP contribution < -0.4 is 47.9 Å². The maximum atomic E-state index is 12.5. The van der Waals surface area contributed by atoms with Crippen LogP contribution in [-0.2, 0) is 18.9 Å². The first-order chi connectivity index (χ1) is 26.4. The number of aromatic nitrogens is 4. The highest BCUT2D eigenvalue weighted by Gasteiger charge is 2.26. The summed E-state index contributed by atoms with van der Waals surface area (Å²) in [5.74, 6) is -0.523. The highest BCUT2D eigenvalue weighted by molar-refractivity contribution is 7.51. The molecule has 0 fully saturated rings. The van der Waals surface area contributed by atoms with Gasteiger partial charge in [-0.15, -0.1) is 0 Å². The van der Waals surface area contributed by atoms with Crippen molar-refractivity contribution in [1.29, 1.82) is 0 Å². The first-order valence-corrected chi connectivity index (χ1v) is 19.5. The third-order valence-corrected chi connectivity index (χ3v) is 9.88. The second kappa shape index (κ2) is 17.3. The number of ether oxygens (including phenoxy) is 1. The first-order valence-electron chi connectivity index (χ1n) is 17.7. The fourth-order valence-corrected chi connectivity index (χ4v) is 6.48. The topological polar surface area (TPSA) is 256 Å². The molecule has 0 spiro atoms. The number of carbonyl (C=O) groups excluding carboxylic acids is 1. The maximum Gasteiger partial charge on any atom is 0.325 e. The van der Waals surface area contributed by atoms with Crippen molar-refractivity contribution in [2.24, 2.45) is 9.98 Å². The number of rotatable bonds is 13. The Morgan fingerprint density at radius 2 is 1.30 bits per heavy atom. The van der Waals surface area contributed by atoms with Crippen LogP contribution in [0.4, 0.5) is 34.4 Å². The van der Waals surface area contributed by atoms with Crippen molar-refractivity contribution >= 4 is 67.0 Å². The van der Waals surface area contributed by atoms with Crippen molar-refractivity contribution in [3.8, 4) is 0 Å². The Morgan fingerprint density at radius 3 is 1.82 bits per heavy atom. The average Bonchev–Trinajstić information content (AvgIpc) is 3.10. The van der Waals surface area contributed by atoms with Gasteiger partial charge >= 0.3 is 13.6 Å². The van der Waals surface area contributed by atoms with Crippen LogP contribution in [-0.4, -0.2) is 85.7 Å². The monoisotopic (exact) mass is 789 g/mol. The molecule has 0 saturated carbocycles. The Morgan fingerprint density at radius 1 is 0.804 bits per heavy atom. The third-order valence-electron chi connectivity index (χ3n) is 8.98. The normalized spacial score (nSPS) is 12.5. The van der Waals surface area contributed by atoms with Crippen molar-refractivity contribution in [3.63, 3.8) is 0 Å². The van der Waals surface area contributed by atoms with E-state index in [1.807, 2.05) is 56.9 Å². The SMILES string of the molecule is C=c1nc2c(c(=O)[nH]1)=Nc1cc(C)c(C)cc1N2CC(=O)NCCCP(=O)(O)O.C=c1nc2c(c(=O)[nH]1)=Nc1cc(C)c(C)cc1N2CCOCCCC(=O)O. The van der Waals surface area contributed by atoms with E-state index in [1.54, 1.807) is 4.90 Å². The molecule has 2 aliphatic rings. The molecule has 56 heavy (non-hydrogen) atoms. The fraction of sp³-hybridized carbons (Fsp3) is 0.351. The van der Waals surface area contributed by atoms with Gasteiger partial charge in [0.1, 0.15) is 17.5 Å². The second-order valence-electron chi connectivity index (χ2n) is 13.4. The number of aryl methyl sites for hydroxylation is 4. The van der Waals surface area contributed by atoms with Gasteiger partial charge in [0.15, 0.2) is 22.4 Å². The summed E-state index contributed by atoms with van der Waals surface area (Å²) in [4.78, 5) is 91.7. The summed E-state index contributed by atoms with van der Waals surface area (Å²) in [5.41, 5.74) is 6.60. The maximum absolute atomic E-state index is 12.5. The number of anilines is 4. The Labute approximate surface area is 320 Å². The fourth-order valence-electron chi connectivity index (χ4n) is 5.91. The van der Waals surface area contributed by atoms with Crippen LogP contribution in [0.5, 0.6) is 0 Å². The number of hydrogen-bond acceptors (Lipinski definition) is 12. The number of carboxylic acids is 1. The second-order valence-corrected chi connectivity index (χ2v) is 15.2. The zero-order valence-corrected chi connectivity index (χ0v) is 32.4. The summed E-state index contributed by atoms with van der Waals surface area (Å²) in [7, 11) is -4.10. The van der Waals surface area contributed by atoms with Crippen LogP contribution >= 0.6 is 7.60 Å². The summed E-state index contributed by atoms with van der Waals surface area (Å²) >= 11 is 0. The molecule has 0 saturated heterocycles. The van der Waals surface area contributed by atoms with Gasteiger partial charge in [0, 0.05) is 26.1 Å². The zero-order valence-electron chi connectivity index (χ0n) is 31.5. The smallest absolute Gasteiger partial charge is 0.325 e. The summed E-state index contributed by atoms with van der Waals surface area (Å²) in [6.45, 7) is 16.4. The van der Waals surface area contributed by atoms with Gasteiger partial charge in [-0.05, 0) is 87.1 Å². The predicted octanol–water partition coefficient (Wildman–Crippen LogP) is 0.965. The van der Waals surface area contributed by atoms with Gasteiger partial charge in [-0.3, -0.25) is 23.7 Å². The van der Waals surface area contributed by atoms with E-state index in [9.17, 15) is 23.7 Å². The highest BCUT2D eigenvalue weighted by atomic mass is 31.2. The summed E-state index contributed by atoms with van der Waals surface area (Å²) < 4.78 is 16.5. The molecule has 1 amide bonds. The number of aliphatic carboxylic acids is 1. The van der Waals surface area contributed by atoms with Gasteiger partial charge in [0.05, 0.1) is 35.5 Å². The minimum absolute atomic E-state index is 0.0779. The van der Waals surface area contributed by atoms with Crippen LogP contribution in [0.25, 0.3) is 13.2 Å². The van der Waals surface area contributed by atoms with Crippen LogP contribution in [0.15, 0.2) is 43.8 Å². The van der Waals surface area contributed by atoms with Crippen LogP contribution in [0.1, 0.15) is 41.5 Å². The van der Waals surface area contributed by atoms with Gasteiger partial charge in [0.25, 0.3) is 11.1 Å². The van der Waals surface area contributed by atoms with Crippen molar-refractivity contribution in [2.75, 3.05) is 48.8 Å². The van der Waals surface area contributed by atoms with E-state index in [2.05, 4.69) is 48.4 Å². The van der Waals surface area contributed by atoms with E-state index in [4.69, 9.17) is 19.6 Å². The molecule has 2 aliphatic heterocycles. The first kappa shape index (κ1) is 41.4. The molecule has 2 aromatic carbocycles. The molecule has 296 valence electrons. The van der Waals surface area contributed by atoms with Crippen LogP contribution in [0, 0.1) is 27.7 Å². The number of nitrogens with zero attached hydrogens (tertiary/aromatic N) is 6. The Bertz CT molecular complexity index is 2590. The molecule has 6 N–H and O–H groups in total. The van der Waals surface area contributed by atoms with Crippen LogP contribution in [0.2, 0.25) is 0 Å². The molecule has 0 aliphatic carbocycles. The number of H-pyrrole nitrogens is 2. The quantitative estimate of drug-likeness (QED) is 0.0817. The van der Waals surface area contributed by atoms with Gasteiger partial charge < -0.3 is 44.7 Å². The van der Waals surface area contributed by atoms with Crippen molar-refractivity contribution in [2.45, 2.75) is 47.0 Å². The standard InChI is InChI=1S/C19H22N4O4.C18H22N5O5P/c1-11-9-14-15(10-12(11)2)23(6-8-27-7-4-5-16(24)25)18-17(22-14)19(26)21-13(3)20-18;1-10-7-13-14(8-11(10)2)23(9-15(24)19-5-4-6-29(26,27)28)17-16(22-13)18(25)21-12(3)20-17/h9-10H,3-8H2,1-2H3,(H,21,26)(H,24,25);7-8H,3-6,9H2,1-2H3,(H,19,24)(H,21,25)(H2,26,27,28). The zero-order chi connectivity index (χ0) is 40.9. The van der Waals surface area contributed by atoms with E-state index in [1.165, 1.54) is 0 Å². The minimum atomic E-state index is -4.10.